The van der Waals surface area contributed by atoms with Gasteiger partial charge in [-0.1, -0.05) is 15.9 Å². The molecule has 1 aliphatic rings. The zero-order chi connectivity index (χ0) is 15.2. The predicted octanol–water partition coefficient (Wildman–Crippen LogP) is 2.86. The molecule has 2 aromatic rings. The summed E-state index contributed by atoms with van der Waals surface area (Å²) in [5, 5.41) is 16.7. The minimum atomic E-state index is -1.18. The molecule has 0 atom stereocenters. The van der Waals surface area contributed by atoms with Crippen LogP contribution in [0.2, 0.25) is 0 Å². The first-order valence-electron chi connectivity index (χ1n) is 6.62. The van der Waals surface area contributed by atoms with Crippen molar-refractivity contribution < 1.29 is 14.6 Å². The Labute approximate surface area is 130 Å². The highest BCUT2D eigenvalue weighted by Gasteiger charge is 2.13. The number of carboxylic acids is 1. The molecule has 1 aliphatic heterocycles. The number of aromatic carboxylic acids is 1. The second-order valence-corrected chi connectivity index (χ2v) is 5.52. The Morgan fingerprint density at radius 1 is 1.24 bits per heavy atom. The minimum absolute atomic E-state index is 0.133. The lowest BCUT2D eigenvalue weighted by atomic mass is 10.2. The number of carboxylic acid groups (broad SMARTS) is 1. The van der Waals surface area contributed by atoms with Crippen LogP contribution in [0.4, 0.5) is 5.69 Å². The number of ether oxygens (including phenoxy) is 1. The second-order valence-electron chi connectivity index (χ2n) is 4.60. The van der Waals surface area contributed by atoms with E-state index in [1.165, 1.54) is 19.3 Å². The Balaban J connectivity index is 0.000000225. The summed E-state index contributed by atoms with van der Waals surface area (Å²) < 4.78 is 5.88. The van der Waals surface area contributed by atoms with E-state index < -0.39 is 5.97 Å². The van der Waals surface area contributed by atoms with E-state index in [1.54, 1.807) is 18.2 Å². The lowest BCUT2D eigenvalue weighted by Gasteiger charge is -2.08. The van der Waals surface area contributed by atoms with Crippen molar-refractivity contribution in [2.75, 3.05) is 18.9 Å². The number of anilines is 1. The van der Waals surface area contributed by atoms with Crippen molar-refractivity contribution in [3.05, 3.63) is 28.4 Å². The number of rotatable bonds is 1. The third-order valence-electron chi connectivity index (χ3n) is 3.04. The average Bonchev–Trinajstić information content (AvgIpc) is 2.50. The summed E-state index contributed by atoms with van der Waals surface area (Å²) in [7, 11) is 0. The largest absolute Gasteiger partial charge is 0.476 e. The van der Waals surface area contributed by atoms with Crippen molar-refractivity contribution in [1.29, 1.82) is 0 Å². The third kappa shape index (κ3) is 4.12. The van der Waals surface area contributed by atoms with Crippen LogP contribution in [0.3, 0.4) is 0 Å². The lowest BCUT2D eigenvalue weighted by Crippen LogP contribution is -2.07. The summed E-state index contributed by atoms with van der Waals surface area (Å²) in [6, 6.07) is 5.22. The SMILES string of the molecule is C1CCOCC1.Nc1c(C(=O)O)nnc2ccc(Br)cc12. The number of hydrogen-bond acceptors (Lipinski definition) is 5. The van der Waals surface area contributed by atoms with Gasteiger partial charge in [0.15, 0.2) is 5.69 Å². The molecule has 3 rings (SSSR count). The van der Waals surface area contributed by atoms with Crippen molar-refractivity contribution in [2.45, 2.75) is 19.3 Å². The first-order valence-corrected chi connectivity index (χ1v) is 7.41. The van der Waals surface area contributed by atoms with Gasteiger partial charge in [-0.3, -0.25) is 0 Å². The molecular weight excluding hydrogens is 338 g/mol. The lowest BCUT2D eigenvalue weighted by molar-refractivity contribution is 0.0691. The summed E-state index contributed by atoms with van der Waals surface area (Å²) in [6.07, 6.45) is 3.93. The standard InChI is InChI=1S/C9H6BrN3O2.C5H10O/c10-4-1-2-6-5(3-4)7(11)8(9(14)15)13-12-6;1-2-4-6-5-3-1/h1-3H,(H2,11,12)(H,14,15);1-5H2. The zero-order valence-corrected chi connectivity index (χ0v) is 13.0. The number of halogens is 1. The van der Waals surface area contributed by atoms with Crippen molar-refractivity contribution in [3.63, 3.8) is 0 Å². The Morgan fingerprint density at radius 2 is 1.95 bits per heavy atom. The zero-order valence-electron chi connectivity index (χ0n) is 11.4. The number of nitrogens with two attached hydrogens (primary N) is 1. The highest BCUT2D eigenvalue weighted by atomic mass is 79.9. The minimum Gasteiger partial charge on any atom is -0.476 e. The number of benzene rings is 1. The molecule has 6 nitrogen and oxygen atoms in total. The number of nitrogen functional groups attached to an aromatic ring is 1. The second kappa shape index (κ2) is 7.33. The molecule has 21 heavy (non-hydrogen) atoms. The van der Waals surface area contributed by atoms with E-state index in [1.807, 2.05) is 0 Å². The first kappa shape index (κ1) is 15.7. The quantitative estimate of drug-likeness (QED) is 0.817. The van der Waals surface area contributed by atoms with Gasteiger partial charge in [-0.15, -0.1) is 10.2 Å². The molecule has 0 saturated carbocycles. The van der Waals surface area contributed by atoms with E-state index in [9.17, 15) is 4.79 Å². The molecule has 0 amide bonds. The first-order chi connectivity index (χ1) is 10.1. The van der Waals surface area contributed by atoms with Gasteiger partial charge in [-0.25, -0.2) is 4.79 Å². The monoisotopic (exact) mass is 353 g/mol. The number of nitrogens with zero attached hydrogens (tertiary/aromatic N) is 2. The average molecular weight is 354 g/mol. The van der Waals surface area contributed by atoms with Crippen LogP contribution >= 0.6 is 15.9 Å². The van der Waals surface area contributed by atoms with Crippen molar-refractivity contribution in [1.82, 2.24) is 10.2 Å². The summed E-state index contributed by atoms with van der Waals surface area (Å²) in [5.74, 6) is -1.18. The molecule has 112 valence electrons. The summed E-state index contributed by atoms with van der Waals surface area (Å²) in [6.45, 7) is 2.00. The molecule has 1 aromatic carbocycles. The summed E-state index contributed by atoms with van der Waals surface area (Å²) in [5.41, 5.74) is 6.17. The van der Waals surface area contributed by atoms with Crippen molar-refractivity contribution >= 4 is 38.5 Å². The van der Waals surface area contributed by atoms with E-state index >= 15 is 0 Å². The Morgan fingerprint density at radius 3 is 2.48 bits per heavy atom. The molecule has 1 saturated heterocycles. The predicted molar refractivity (Wildman–Crippen MR) is 83.3 cm³/mol. The van der Waals surface area contributed by atoms with Crippen LogP contribution in [0.5, 0.6) is 0 Å². The van der Waals surface area contributed by atoms with Crippen LogP contribution in [0, 0.1) is 0 Å². The van der Waals surface area contributed by atoms with Gasteiger partial charge in [-0.05, 0) is 37.5 Å². The number of aromatic nitrogens is 2. The topological polar surface area (TPSA) is 98.3 Å². The van der Waals surface area contributed by atoms with Crippen LogP contribution in [0.15, 0.2) is 22.7 Å². The van der Waals surface area contributed by atoms with Gasteiger partial charge in [0, 0.05) is 23.1 Å². The van der Waals surface area contributed by atoms with E-state index in [2.05, 4.69) is 26.1 Å². The van der Waals surface area contributed by atoms with Crippen LogP contribution in [-0.2, 0) is 4.74 Å². The number of carbonyl (C=O) groups is 1. The Kier molecular flexibility index (Phi) is 5.46. The van der Waals surface area contributed by atoms with Gasteiger partial charge in [0.2, 0.25) is 0 Å². The van der Waals surface area contributed by atoms with E-state index in [0.29, 0.717) is 10.9 Å². The fourth-order valence-electron chi connectivity index (χ4n) is 1.94. The molecule has 0 unspecified atom stereocenters. The van der Waals surface area contributed by atoms with Gasteiger partial charge in [-0.2, -0.15) is 0 Å². The molecule has 7 heteroatoms. The van der Waals surface area contributed by atoms with Gasteiger partial charge < -0.3 is 15.6 Å². The normalized spacial score (nSPS) is 14.3. The molecule has 0 bridgehead atoms. The highest BCUT2D eigenvalue weighted by Crippen LogP contribution is 2.24. The molecule has 2 heterocycles. The fraction of sp³-hybridized carbons (Fsp3) is 0.357. The molecule has 0 radical (unpaired) electrons. The maximum Gasteiger partial charge on any atom is 0.358 e. The van der Waals surface area contributed by atoms with E-state index in [-0.39, 0.29) is 11.4 Å². The number of hydrogen-bond donors (Lipinski definition) is 2. The van der Waals surface area contributed by atoms with Crippen LogP contribution in [-0.4, -0.2) is 34.5 Å². The van der Waals surface area contributed by atoms with Crippen molar-refractivity contribution in [2.24, 2.45) is 0 Å². The van der Waals surface area contributed by atoms with Crippen molar-refractivity contribution in [3.8, 4) is 0 Å². The summed E-state index contributed by atoms with van der Waals surface area (Å²) in [4.78, 5) is 10.8. The fourth-order valence-corrected chi connectivity index (χ4v) is 2.30. The molecule has 1 aromatic heterocycles. The van der Waals surface area contributed by atoms with Crippen LogP contribution < -0.4 is 5.73 Å². The molecule has 3 N–H and O–H groups in total. The van der Waals surface area contributed by atoms with Crippen LogP contribution in [0.1, 0.15) is 29.8 Å². The maximum atomic E-state index is 10.8. The smallest absolute Gasteiger partial charge is 0.358 e. The van der Waals surface area contributed by atoms with E-state index in [4.69, 9.17) is 15.6 Å². The third-order valence-corrected chi connectivity index (χ3v) is 3.53. The highest BCUT2D eigenvalue weighted by molar-refractivity contribution is 9.10. The van der Waals surface area contributed by atoms with Gasteiger partial charge in [0.05, 0.1) is 11.2 Å². The van der Waals surface area contributed by atoms with Gasteiger partial charge >= 0.3 is 5.97 Å². The van der Waals surface area contributed by atoms with Crippen LogP contribution in [0.25, 0.3) is 10.9 Å². The van der Waals surface area contributed by atoms with Gasteiger partial charge in [0.25, 0.3) is 0 Å². The number of fused-ring (bicyclic) bond motifs is 1. The summed E-state index contributed by atoms with van der Waals surface area (Å²) >= 11 is 3.28. The van der Waals surface area contributed by atoms with Gasteiger partial charge in [0.1, 0.15) is 0 Å². The molecular formula is C14H16BrN3O3. The van der Waals surface area contributed by atoms with E-state index in [0.717, 1.165) is 17.7 Å². The molecule has 1 fully saturated rings. The Bertz CT molecular complexity index is 633. The molecule has 0 spiro atoms. The molecule has 0 aliphatic carbocycles. The maximum absolute atomic E-state index is 10.8. The Hall–Kier alpha value is -1.73.